The van der Waals surface area contributed by atoms with Crippen LogP contribution in [0.4, 0.5) is 0 Å². The van der Waals surface area contributed by atoms with Crippen LogP contribution in [0.25, 0.3) is 77.2 Å². The number of aromatic nitrogens is 4. The second-order valence-corrected chi connectivity index (χ2v) is 10.2. The number of benzene rings is 5. The molecule has 192 valence electrons. The minimum Gasteiger partial charge on any atom is -0.455 e. The van der Waals surface area contributed by atoms with Crippen molar-refractivity contribution < 1.29 is 4.42 Å². The molecule has 0 aliphatic carbocycles. The topological polar surface area (TPSA) is 65.8 Å². The summed E-state index contributed by atoms with van der Waals surface area (Å²) in [6.45, 7) is 0. The van der Waals surface area contributed by atoms with E-state index in [1.54, 1.807) is 10.8 Å². The Morgan fingerprint density at radius 1 is 0.561 bits per heavy atom. The molecule has 0 saturated heterocycles. The standard InChI is InChI=1S/C35H20N4O2/c40-34-26-20-36-35(37-32(26)25-14-5-8-16-28(25)38(34)21-10-2-1-3-11-21)39-27-15-7-4-13-24(27)31-29(39)19-18-23-22-12-6-9-17-30(22)41-33(23)31/h1-20H. The highest BCUT2D eigenvalue weighted by Gasteiger charge is 2.21. The Balaban J connectivity index is 1.39. The average Bonchev–Trinajstić information content (AvgIpc) is 3.57. The molecule has 6 heteroatoms. The summed E-state index contributed by atoms with van der Waals surface area (Å²) in [4.78, 5) is 23.7. The van der Waals surface area contributed by atoms with Gasteiger partial charge in [0.15, 0.2) is 0 Å². The van der Waals surface area contributed by atoms with Crippen LogP contribution in [0, 0.1) is 0 Å². The molecule has 4 aromatic heterocycles. The second kappa shape index (κ2) is 8.13. The molecule has 0 fully saturated rings. The van der Waals surface area contributed by atoms with Gasteiger partial charge in [-0.25, -0.2) is 9.97 Å². The van der Waals surface area contributed by atoms with Gasteiger partial charge < -0.3 is 4.42 Å². The van der Waals surface area contributed by atoms with Crippen LogP contribution in [-0.4, -0.2) is 19.1 Å². The second-order valence-electron chi connectivity index (χ2n) is 10.2. The molecule has 0 atom stereocenters. The molecule has 0 amide bonds. The molecule has 9 rings (SSSR count). The van der Waals surface area contributed by atoms with Crippen LogP contribution in [0.2, 0.25) is 0 Å². The predicted octanol–water partition coefficient (Wildman–Crippen LogP) is 7.93. The Labute approximate surface area is 232 Å². The van der Waals surface area contributed by atoms with E-state index >= 15 is 0 Å². The van der Waals surface area contributed by atoms with Crippen molar-refractivity contribution >= 4 is 65.6 Å². The van der Waals surface area contributed by atoms with Gasteiger partial charge in [-0.3, -0.25) is 13.9 Å². The third kappa shape index (κ3) is 2.98. The maximum Gasteiger partial charge on any atom is 0.266 e. The van der Waals surface area contributed by atoms with Crippen LogP contribution >= 0.6 is 0 Å². The SMILES string of the molecule is O=c1c2cnc(-n3c4ccccc4c4c5oc6ccccc6c5ccc43)nc2c2ccccc2n1-c1ccccc1. The van der Waals surface area contributed by atoms with E-state index in [0.717, 1.165) is 60.3 Å². The van der Waals surface area contributed by atoms with Gasteiger partial charge in [0.05, 0.1) is 32.8 Å². The van der Waals surface area contributed by atoms with Crippen LogP contribution in [-0.2, 0) is 0 Å². The Morgan fingerprint density at radius 3 is 2.07 bits per heavy atom. The number of hydrogen-bond acceptors (Lipinski definition) is 4. The number of nitrogens with zero attached hydrogens (tertiary/aromatic N) is 4. The fourth-order valence-electron chi connectivity index (χ4n) is 6.22. The van der Waals surface area contributed by atoms with Crippen LogP contribution in [0.1, 0.15) is 0 Å². The summed E-state index contributed by atoms with van der Waals surface area (Å²) in [6, 6.07) is 38.1. The number of para-hydroxylation sites is 4. The number of furan rings is 1. The maximum atomic E-state index is 13.9. The maximum absolute atomic E-state index is 13.9. The van der Waals surface area contributed by atoms with Crippen LogP contribution < -0.4 is 5.56 Å². The first-order chi connectivity index (χ1) is 20.3. The third-order valence-corrected chi connectivity index (χ3v) is 8.00. The fourth-order valence-corrected chi connectivity index (χ4v) is 6.22. The molecule has 0 unspecified atom stereocenters. The van der Waals surface area contributed by atoms with Gasteiger partial charge in [-0.15, -0.1) is 0 Å². The molecular weight excluding hydrogens is 508 g/mol. The van der Waals surface area contributed by atoms with Crippen molar-refractivity contribution in [2.24, 2.45) is 0 Å². The molecule has 9 aromatic rings. The third-order valence-electron chi connectivity index (χ3n) is 8.00. The van der Waals surface area contributed by atoms with E-state index in [0.29, 0.717) is 16.9 Å². The van der Waals surface area contributed by atoms with Gasteiger partial charge >= 0.3 is 0 Å². The molecule has 0 aliphatic rings. The van der Waals surface area contributed by atoms with Crippen molar-refractivity contribution in [1.29, 1.82) is 0 Å². The van der Waals surface area contributed by atoms with Crippen molar-refractivity contribution in [3.8, 4) is 11.6 Å². The van der Waals surface area contributed by atoms with E-state index < -0.39 is 0 Å². The van der Waals surface area contributed by atoms with E-state index in [2.05, 4.69) is 34.9 Å². The van der Waals surface area contributed by atoms with E-state index in [4.69, 9.17) is 14.4 Å². The Bertz CT molecular complexity index is 2560. The largest absolute Gasteiger partial charge is 0.455 e. The summed E-state index contributed by atoms with van der Waals surface area (Å²) < 4.78 is 10.2. The highest BCUT2D eigenvalue weighted by atomic mass is 16.3. The fraction of sp³-hybridized carbons (Fsp3) is 0. The average molecular weight is 529 g/mol. The highest BCUT2D eigenvalue weighted by molar-refractivity contribution is 6.23. The quantitative estimate of drug-likeness (QED) is 0.214. The van der Waals surface area contributed by atoms with Crippen molar-refractivity contribution in [3.05, 3.63) is 132 Å². The van der Waals surface area contributed by atoms with Gasteiger partial charge in [0.25, 0.3) is 5.56 Å². The smallest absolute Gasteiger partial charge is 0.266 e. The lowest BCUT2D eigenvalue weighted by molar-refractivity contribution is 0.673. The summed E-state index contributed by atoms with van der Waals surface area (Å²) in [5.41, 5.74) is 5.69. The van der Waals surface area contributed by atoms with Gasteiger partial charge in [0, 0.05) is 33.4 Å². The van der Waals surface area contributed by atoms with Crippen LogP contribution in [0.5, 0.6) is 0 Å². The normalized spacial score (nSPS) is 12.0. The lowest BCUT2D eigenvalue weighted by Gasteiger charge is -2.13. The van der Waals surface area contributed by atoms with Crippen molar-refractivity contribution in [2.45, 2.75) is 0 Å². The van der Waals surface area contributed by atoms with Crippen molar-refractivity contribution in [2.75, 3.05) is 0 Å². The molecule has 41 heavy (non-hydrogen) atoms. The lowest BCUT2D eigenvalue weighted by Crippen LogP contribution is -2.20. The van der Waals surface area contributed by atoms with E-state index in [9.17, 15) is 4.79 Å². The Morgan fingerprint density at radius 2 is 1.24 bits per heavy atom. The highest BCUT2D eigenvalue weighted by Crippen LogP contribution is 2.40. The molecule has 6 nitrogen and oxygen atoms in total. The van der Waals surface area contributed by atoms with Crippen LogP contribution in [0.3, 0.4) is 0 Å². The number of fused-ring (bicyclic) bond motifs is 10. The first-order valence-corrected chi connectivity index (χ1v) is 13.5. The van der Waals surface area contributed by atoms with Crippen LogP contribution in [0.15, 0.2) is 131 Å². The Hall–Kier alpha value is -5.75. The first-order valence-electron chi connectivity index (χ1n) is 13.5. The molecule has 0 radical (unpaired) electrons. The first kappa shape index (κ1) is 22.1. The van der Waals surface area contributed by atoms with E-state index in [1.165, 1.54) is 0 Å². The van der Waals surface area contributed by atoms with Gasteiger partial charge in [-0.2, -0.15) is 0 Å². The predicted molar refractivity (Wildman–Crippen MR) is 164 cm³/mol. The lowest BCUT2D eigenvalue weighted by atomic mass is 10.1. The van der Waals surface area contributed by atoms with Gasteiger partial charge in [0.1, 0.15) is 11.2 Å². The van der Waals surface area contributed by atoms with Crippen molar-refractivity contribution in [3.63, 3.8) is 0 Å². The zero-order chi connectivity index (χ0) is 27.1. The zero-order valence-corrected chi connectivity index (χ0v) is 21.7. The molecule has 0 aliphatic heterocycles. The summed E-state index contributed by atoms with van der Waals surface area (Å²) in [5.74, 6) is 0.501. The van der Waals surface area contributed by atoms with E-state index in [1.807, 2.05) is 84.9 Å². The molecule has 4 heterocycles. The van der Waals surface area contributed by atoms with Gasteiger partial charge in [-0.1, -0.05) is 72.8 Å². The molecule has 0 N–H and O–H groups in total. The van der Waals surface area contributed by atoms with Gasteiger partial charge in [0.2, 0.25) is 5.95 Å². The summed E-state index contributed by atoms with van der Waals surface area (Å²) >= 11 is 0. The summed E-state index contributed by atoms with van der Waals surface area (Å²) in [6.07, 6.45) is 1.66. The minimum absolute atomic E-state index is 0.150. The van der Waals surface area contributed by atoms with Gasteiger partial charge in [-0.05, 0) is 42.5 Å². The summed E-state index contributed by atoms with van der Waals surface area (Å²) in [5, 5.41) is 5.58. The number of rotatable bonds is 2. The van der Waals surface area contributed by atoms with Crippen molar-refractivity contribution in [1.82, 2.24) is 19.1 Å². The monoisotopic (exact) mass is 528 g/mol. The number of hydrogen-bond donors (Lipinski definition) is 0. The molecule has 0 spiro atoms. The molecule has 0 bridgehead atoms. The molecule has 5 aromatic carbocycles. The minimum atomic E-state index is -0.150. The molecule has 0 saturated carbocycles. The zero-order valence-electron chi connectivity index (χ0n) is 21.7. The Kier molecular flexibility index (Phi) is 4.38. The molecular formula is C35H20N4O2. The van der Waals surface area contributed by atoms with E-state index in [-0.39, 0.29) is 5.56 Å². The summed E-state index contributed by atoms with van der Waals surface area (Å²) in [7, 11) is 0. The number of pyridine rings is 1.